The van der Waals surface area contributed by atoms with Crippen molar-refractivity contribution in [1.29, 1.82) is 0 Å². The molecule has 34 heavy (non-hydrogen) atoms. The molecule has 0 aliphatic heterocycles. The van der Waals surface area contributed by atoms with Crippen molar-refractivity contribution in [2.24, 2.45) is 0 Å². The summed E-state index contributed by atoms with van der Waals surface area (Å²) in [5.74, 6) is 1.31. The number of methoxy groups -OCH3 is 1. The molecule has 1 fully saturated rings. The second-order valence-electron chi connectivity index (χ2n) is 9.53. The third-order valence-electron chi connectivity index (χ3n) is 6.86. The van der Waals surface area contributed by atoms with E-state index in [2.05, 4.69) is 40.5 Å². The van der Waals surface area contributed by atoms with Crippen LogP contribution in [0.1, 0.15) is 50.3 Å². The van der Waals surface area contributed by atoms with Crippen molar-refractivity contribution in [3.8, 4) is 11.1 Å². The number of nitrogens with one attached hydrogen (secondary N) is 1. The number of nitrogens with zero attached hydrogens (tertiary/aromatic N) is 6. The molecule has 186 valence electrons. The molecule has 10 heteroatoms. The van der Waals surface area contributed by atoms with Gasteiger partial charge in [-0.05, 0) is 52.8 Å². The van der Waals surface area contributed by atoms with Crippen molar-refractivity contribution in [3.05, 3.63) is 30.4 Å². The largest absolute Gasteiger partial charge is 0.394 e. The number of hydrogen-bond acceptors (Lipinski definition) is 7. The van der Waals surface area contributed by atoms with E-state index < -0.39 is 0 Å². The molecule has 0 radical (unpaired) electrons. The Bertz CT molecular complexity index is 1070. The van der Waals surface area contributed by atoms with E-state index in [-0.39, 0.29) is 18.7 Å². The van der Waals surface area contributed by atoms with Crippen molar-refractivity contribution in [3.63, 3.8) is 0 Å². The number of anilines is 1. The summed E-state index contributed by atoms with van der Waals surface area (Å²) in [7, 11) is 6.02. The van der Waals surface area contributed by atoms with E-state index in [1.54, 1.807) is 11.8 Å². The molecule has 1 saturated carbocycles. The van der Waals surface area contributed by atoms with Crippen molar-refractivity contribution >= 4 is 23.1 Å². The van der Waals surface area contributed by atoms with Crippen LogP contribution in [0, 0.1) is 0 Å². The third kappa shape index (κ3) is 5.22. The molecular formula is C24H36ClN7O2. The van der Waals surface area contributed by atoms with Gasteiger partial charge in [-0.25, -0.2) is 9.50 Å². The van der Waals surface area contributed by atoms with E-state index in [4.69, 9.17) is 21.4 Å². The summed E-state index contributed by atoms with van der Waals surface area (Å²) in [6.45, 7) is 2.56. The predicted octanol–water partition coefficient (Wildman–Crippen LogP) is 3.40. The topological polar surface area (TPSA) is 92.7 Å². The van der Waals surface area contributed by atoms with Crippen LogP contribution < -0.4 is 5.32 Å². The van der Waals surface area contributed by atoms with Gasteiger partial charge in [0.05, 0.1) is 37.2 Å². The maximum atomic E-state index is 9.62. The summed E-state index contributed by atoms with van der Waals surface area (Å²) in [6, 6.07) is 2.72. The molecule has 0 amide bonds. The molecule has 2 N–H and O–H groups in total. The molecule has 9 nitrogen and oxygen atoms in total. The smallest absolute Gasteiger partial charge is 0.241 e. The number of halogens is 1. The van der Waals surface area contributed by atoms with Gasteiger partial charge in [-0.15, -0.1) is 16.7 Å². The number of aliphatic hydroxyl groups excluding tert-OH is 1. The Morgan fingerprint density at radius 1 is 1.26 bits per heavy atom. The fourth-order valence-electron chi connectivity index (χ4n) is 4.88. The second kappa shape index (κ2) is 11.0. The second-order valence-corrected chi connectivity index (χ2v) is 9.84. The van der Waals surface area contributed by atoms with Gasteiger partial charge in [0.25, 0.3) is 0 Å². The fraction of sp³-hybridized carbons (Fsp3) is 0.625. The monoisotopic (exact) mass is 489 g/mol. The van der Waals surface area contributed by atoms with Crippen LogP contribution >= 0.6 is 11.6 Å². The van der Waals surface area contributed by atoms with Gasteiger partial charge in [0.1, 0.15) is 0 Å². The molecule has 3 aromatic heterocycles. The molecule has 2 atom stereocenters. The van der Waals surface area contributed by atoms with Crippen molar-refractivity contribution in [2.75, 3.05) is 45.6 Å². The highest BCUT2D eigenvalue weighted by molar-refractivity contribution is 6.18. The van der Waals surface area contributed by atoms with Gasteiger partial charge < -0.3 is 20.1 Å². The first-order valence-electron chi connectivity index (χ1n) is 12.0. The van der Waals surface area contributed by atoms with Crippen LogP contribution in [0.15, 0.2) is 24.7 Å². The van der Waals surface area contributed by atoms with Crippen LogP contribution in [-0.2, 0) is 4.74 Å². The summed E-state index contributed by atoms with van der Waals surface area (Å²) >= 11 is 6.01. The fourth-order valence-corrected chi connectivity index (χ4v) is 5.12. The molecule has 3 aromatic rings. The first kappa shape index (κ1) is 24.9. The maximum Gasteiger partial charge on any atom is 0.241 e. The minimum absolute atomic E-state index is 0.0563. The summed E-state index contributed by atoms with van der Waals surface area (Å²) < 4.78 is 9.03. The number of hydrogen-bond donors (Lipinski definition) is 2. The highest BCUT2D eigenvalue weighted by Gasteiger charge is 2.27. The van der Waals surface area contributed by atoms with Gasteiger partial charge in [-0.3, -0.25) is 4.68 Å². The standard InChI is InChI=1S/C24H36ClN7O2/c1-16(15-34-4)28-24-26-12-23-21(18-11-27-31(13-18)20(10-25)14-33)9-22(32(23)29-24)17-5-7-19(8-6-17)30(2)3/h9,11-13,16-17,19-20,33H,5-8,10,14-15H2,1-4H3,(H,28,29)/t16-,17?,19?,20?/m0/s1. The van der Waals surface area contributed by atoms with Crippen LogP contribution in [0.4, 0.5) is 5.95 Å². The van der Waals surface area contributed by atoms with Gasteiger partial charge >= 0.3 is 0 Å². The Kier molecular flexibility index (Phi) is 8.08. The van der Waals surface area contributed by atoms with Crippen LogP contribution in [0.2, 0.25) is 0 Å². The Hall–Kier alpha value is -2.20. The van der Waals surface area contributed by atoms with Crippen LogP contribution in [0.5, 0.6) is 0 Å². The Labute approximate surface area is 206 Å². The zero-order valence-corrected chi connectivity index (χ0v) is 21.2. The Morgan fingerprint density at radius 2 is 2.03 bits per heavy atom. The van der Waals surface area contributed by atoms with Crippen LogP contribution in [0.3, 0.4) is 0 Å². The molecule has 1 unspecified atom stereocenters. The number of rotatable bonds is 10. The molecule has 4 rings (SSSR count). The molecule has 0 aromatic carbocycles. The van der Waals surface area contributed by atoms with Gasteiger partial charge in [-0.1, -0.05) is 0 Å². The van der Waals surface area contributed by atoms with Gasteiger partial charge in [0.15, 0.2) is 0 Å². The van der Waals surface area contributed by atoms with Crippen molar-refractivity contribution in [2.45, 2.75) is 56.7 Å². The van der Waals surface area contributed by atoms with Gasteiger partial charge in [0, 0.05) is 54.0 Å². The minimum atomic E-state index is -0.251. The zero-order valence-electron chi connectivity index (χ0n) is 20.5. The Balaban J connectivity index is 1.72. The van der Waals surface area contributed by atoms with Gasteiger partial charge in [-0.2, -0.15) is 5.10 Å². The maximum absolute atomic E-state index is 9.62. The highest BCUT2D eigenvalue weighted by atomic mass is 35.5. The number of ether oxygens (including phenoxy) is 1. The number of aromatic nitrogens is 5. The van der Waals surface area contributed by atoms with E-state index >= 15 is 0 Å². The van der Waals surface area contributed by atoms with E-state index in [0.29, 0.717) is 30.4 Å². The summed E-state index contributed by atoms with van der Waals surface area (Å²) in [4.78, 5) is 6.93. The van der Waals surface area contributed by atoms with E-state index in [0.717, 1.165) is 29.5 Å². The van der Waals surface area contributed by atoms with E-state index in [1.165, 1.54) is 18.5 Å². The molecule has 0 spiro atoms. The third-order valence-corrected chi connectivity index (χ3v) is 7.21. The molecule has 1 aliphatic rings. The molecule has 0 saturated heterocycles. The lowest BCUT2D eigenvalue weighted by molar-refractivity contribution is 0.190. The number of alkyl halides is 1. The molecule has 1 aliphatic carbocycles. The molecular weight excluding hydrogens is 454 g/mol. The normalized spacial score (nSPS) is 20.7. The van der Waals surface area contributed by atoms with E-state index in [9.17, 15) is 5.11 Å². The van der Waals surface area contributed by atoms with E-state index in [1.807, 2.05) is 30.0 Å². The summed E-state index contributed by atoms with van der Waals surface area (Å²) in [6.07, 6.45) is 10.2. The number of aliphatic hydroxyl groups is 1. The SMILES string of the molecule is COC[C@H](C)Nc1ncc2c(-c3cnn(C(CO)CCl)c3)cc(C3CCC(N(C)C)CC3)n2n1. The number of fused-ring (bicyclic) bond motifs is 1. The lowest BCUT2D eigenvalue weighted by atomic mass is 9.83. The highest BCUT2D eigenvalue weighted by Crippen LogP contribution is 2.38. The Morgan fingerprint density at radius 3 is 2.68 bits per heavy atom. The summed E-state index contributed by atoms with van der Waals surface area (Å²) in [5.41, 5.74) is 4.15. The average Bonchev–Trinajstić information content (AvgIpc) is 3.45. The molecule has 3 heterocycles. The average molecular weight is 490 g/mol. The first-order valence-corrected chi connectivity index (χ1v) is 12.5. The van der Waals surface area contributed by atoms with Crippen LogP contribution in [0.25, 0.3) is 16.6 Å². The van der Waals surface area contributed by atoms with Crippen LogP contribution in [-0.4, -0.2) is 86.8 Å². The lowest BCUT2D eigenvalue weighted by Crippen LogP contribution is -2.31. The zero-order chi connectivity index (χ0) is 24.2. The minimum Gasteiger partial charge on any atom is -0.394 e. The quantitative estimate of drug-likeness (QED) is 0.421. The van der Waals surface area contributed by atoms with Crippen molar-refractivity contribution < 1.29 is 9.84 Å². The summed E-state index contributed by atoms with van der Waals surface area (Å²) in [5, 5.41) is 22.3. The predicted molar refractivity (Wildman–Crippen MR) is 135 cm³/mol. The first-order chi connectivity index (χ1) is 16.4. The van der Waals surface area contributed by atoms with Gasteiger partial charge in [0.2, 0.25) is 5.95 Å². The van der Waals surface area contributed by atoms with Crippen molar-refractivity contribution in [1.82, 2.24) is 29.3 Å². The lowest BCUT2D eigenvalue weighted by Gasteiger charge is -2.32. The molecule has 0 bridgehead atoms.